The van der Waals surface area contributed by atoms with Crippen molar-refractivity contribution in [1.82, 2.24) is 5.32 Å². The van der Waals surface area contributed by atoms with Gasteiger partial charge in [-0.15, -0.1) is 0 Å². The van der Waals surface area contributed by atoms with Gasteiger partial charge in [0.1, 0.15) is 9.84 Å². The van der Waals surface area contributed by atoms with Crippen molar-refractivity contribution >= 4 is 15.7 Å². The third kappa shape index (κ3) is 4.57. The van der Waals surface area contributed by atoms with Crippen molar-refractivity contribution in [2.24, 2.45) is 0 Å². The zero-order chi connectivity index (χ0) is 10.6. The van der Waals surface area contributed by atoms with Crippen molar-refractivity contribution in [3.8, 4) is 0 Å². The molecule has 0 aliphatic carbocycles. The first kappa shape index (κ1) is 11.5. The van der Waals surface area contributed by atoms with Gasteiger partial charge in [-0.2, -0.15) is 0 Å². The van der Waals surface area contributed by atoms with E-state index in [9.17, 15) is 13.2 Å². The van der Waals surface area contributed by atoms with E-state index in [-0.39, 0.29) is 24.1 Å². The molecule has 0 radical (unpaired) electrons. The minimum atomic E-state index is -3.04. The van der Waals surface area contributed by atoms with E-state index >= 15 is 0 Å². The Labute approximate surface area is 83.7 Å². The standard InChI is InChI=1S/C8H15NO4S/c1-14(11,12)5-3-8(10)9-7-2-4-13-6-7/h7H,2-6H2,1H3,(H,9,10)/t7-/m1/s1. The van der Waals surface area contributed by atoms with E-state index in [2.05, 4.69) is 5.32 Å². The topological polar surface area (TPSA) is 72.5 Å². The lowest BCUT2D eigenvalue weighted by atomic mass is 10.2. The molecule has 0 unspecified atom stereocenters. The van der Waals surface area contributed by atoms with Crippen LogP contribution in [0.4, 0.5) is 0 Å². The van der Waals surface area contributed by atoms with Crippen molar-refractivity contribution in [3.63, 3.8) is 0 Å². The number of carbonyl (C=O) groups excluding carboxylic acids is 1. The van der Waals surface area contributed by atoms with Gasteiger partial charge in [0.25, 0.3) is 0 Å². The predicted molar refractivity (Wildman–Crippen MR) is 51.7 cm³/mol. The van der Waals surface area contributed by atoms with Gasteiger partial charge >= 0.3 is 0 Å². The van der Waals surface area contributed by atoms with Crippen molar-refractivity contribution < 1.29 is 17.9 Å². The van der Waals surface area contributed by atoms with Crippen LogP contribution < -0.4 is 5.32 Å². The number of ether oxygens (including phenoxy) is 1. The van der Waals surface area contributed by atoms with Gasteiger partial charge in [0.15, 0.2) is 0 Å². The molecule has 0 aromatic rings. The summed E-state index contributed by atoms with van der Waals surface area (Å²) in [5, 5.41) is 2.72. The molecule has 1 saturated heterocycles. The second-order valence-electron chi connectivity index (χ2n) is 3.51. The first-order valence-corrected chi connectivity index (χ1v) is 6.58. The van der Waals surface area contributed by atoms with E-state index in [1.165, 1.54) is 0 Å². The Hall–Kier alpha value is -0.620. The number of sulfone groups is 1. The highest BCUT2D eigenvalue weighted by Gasteiger charge is 2.18. The van der Waals surface area contributed by atoms with Crippen LogP contribution in [-0.4, -0.2) is 45.6 Å². The lowest BCUT2D eigenvalue weighted by Crippen LogP contribution is -2.35. The van der Waals surface area contributed by atoms with Crippen LogP contribution in [0.25, 0.3) is 0 Å². The molecule has 1 amide bonds. The summed E-state index contributed by atoms with van der Waals surface area (Å²) in [6.45, 7) is 1.20. The molecule has 0 aromatic heterocycles. The van der Waals surface area contributed by atoms with Gasteiger partial charge < -0.3 is 10.1 Å². The molecule has 1 heterocycles. The van der Waals surface area contributed by atoms with Gasteiger partial charge in [0, 0.05) is 19.3 Å². The maximum atomic E-state index is 11.2. The zero-order valence-electron chi connectivity index (χ0n) is 8.15. The molecular formula is C8H15NO4S. The summed E-state index contributed by atoms with van der Waals surface area (Å²) < 4.78 is 26.6. The Morgan fingerprint density at radius 2 is 2.29 bits per heavy atom. The van der Waals surface area contributed by atoms with E-state index in [1.54, 1.807) is 0 Å². The first-order valence-electron chi connectivity index (χ1n) is 4.52. The number of carbonyl (C=O) groups is 1. The Morgan fingerprint density at radius 1 is 1.57 bits per heavy atom. The highest BCUT2D eigenvalue weighted by atomic mass is 32.2. The number of hydrogen-bond acceptors (Lipinski definition) is 4. The monoisotopic (exact) mass is 221 g/mol. The minimum absolute atomic E-state index is 0.0370. The molecule has 0 saturated carbocycles. The first-order chi connectivity index (χ1) is 6.47. The van der Waals surface area contributed by atoms with Crippen LogP contribution in [0, 0.1) is 0 Å². The van der Waals surface area contributed by atoms with E-state index in [4.69, 9.17) is 4.74 Å². The third-order valence-corrected chi connectivity index (χ3v) is 2.94. The van der Waals surface area contributed by atoms with Gasteiger partial charge in [-0.1, -0.05) is 0 Å². The van der Waals surface area contributed by atoms with Crippen molar-refractivity contribution in [3.05, 3.63) is 0 Å². The van der Waals surface area contributed by atoms with Crippen molar-refractivity contribution in [2.45, 2.75) is 18.9 Å². The molecule has 1 N–H and O–H groups in total. The van der Waals surface area contributed by atoms with Gasteiger partial charge in [0.05, 0.1) is 18.4 Å². The van der Waals surface area contributed by atoms with Crippen LogP contribution in [0.3, 0.4) is 0 Å². The van der Waals surface area contributed by atoms with Crippen LogP contribution in [0.15, 0.2) is 0 Å². The molecule has 1 aliphatic rings. The number of hydrogen-bond donors (Lipinski definition) is 1. The fourth-order valence-corrected chi connectivity index (χ4v) is 1.78. The molecule has 1 fully saturated rings. The average molecular weight is 221 g/mol. The quantitative estimate of drug-likeness (QED) is 0.683. The van der Waals surface area contributed by atoms with Crippen LogP contribution in [0.1, 0.15) is 12.8 Å². The lowest BCUT2D eigenvalue weighted by Gasteiger charge is -2.09. The summed E-state index contributed by atoms with van der Waals surface area (Å²) in [5.41, 5.74) is 0. The largest absolute Gasteiger partial charge is 0.379 e. The number of rotatable bonds is 4. The van der Waals surface area contributed by atoms with E-state index in [0.717, 1.165) is 12.7 Å². The van der Waals surface area contributed by atoms with Crippen LogP contribution >= 0.6 is 0 Å². The van der Waals surface area contributed by atoms with Crippen LogP contribution in [0.2, 0.25) is 0 Å². The van der Waals surface area contributed by atoms with Gasteiger partial charge in [-0.05, 0) is 6.42 Å². The predicted octanol–water partition coefficient (Wildman–Crippen LogP) is -0.674. The minimum Gasteiger partial charge on any atom is -0.379 e. The zero-order valence-corrected chi connectivity index (χ0v) is 8.97. The van der Waals surface area contributed by atoms with Gasteiger partial charge in [-0.25, -0.2) is 8.42 Å². The molecule has 0 bridgehead atoms. The number of nitrogens with one attached hydrogen (secondary N) is 1. The Morgan fingerprint density at radius 3 is 2.79 bits per heavy atom. The van der Waals surface area contributed by atoms with E-state index < -0.39 is 9.84 Å². The van der Waals surface area contributed by atoms with E-state index in [1.807, 2.05) is 0 Å². The van der Waals surface area contributed by atoms with Crippen LogP contribution in [0.5, 0.6) is 0 Å². The Balaban J connectivity index is 2.22. The molecule has 1 rings (SSSR count). The normalized spacial score (nSPS) is 22.2. The summed E-state index contributed by atoms with van der Waals surface area (Å²) in [6.07, 6.45) is 1.97. The molecular weight excluding hydrogens is 206 g/mol. The smallest absolute Gasteiger partial charge is 0.221 e. The third-order valence-electron chi connectivity index (χ3n) is 1.99. The molecule has 1 aliphatic heterocycles. The molecule has 14 heavy (non-hydrogen) atoms. The van der Waals surface area contributed by atoms with Crippen molar-refractivity contribution in [1.29, 1.82) is 0 Å². The molecule has 6 heteroatoms. The van der Waals surface area contributed by atoms with Gasteiger partial charge in [-0.3, -0.25) is 4.79 Å². The van der Waals surface area contributed by atoms with Crippen molar-refractivity contribution in [2.75, 3.05) is 25.2 Å². The maximum absolute atomic E-state index is 11.2. The summed E-state index contributed by atoms with van der Waals surface area (Å²) >= 11 is 0. The Kier molecular flexibility index (Phi) is 3.88. The molecule has 1 atom stereocenters. The second kappa shape index (κ2) is 4.75. The molecule has 82 valence electrons. The summed E-state index contributed by atoms with van der Waals surface area (Å²) in [5.74, 6) is -0.308. The van der Waals surface area contributed by atoms with Gasteiger partial charge in [0.2, 0.25) is 5.91 Å². The summed E-state index contributed by atoms with van der Waals surface area (Å²) in [7, 11) is -3.04. The fraction of sp³-hybridized carbons (Fsp3) is 0.875. The SMILES string of the molecule is CS(=O)(=O)CCC(=O)N[C@@H]1CCOC1. The molecule has 0 spiro atoms. The maximum Gasteiger partial charge on any atom is 0.221 e. The summed E-state index contributed by atoms with van der Waals surface area (Å²) in [4.78, 5) is 11.2. The highest BCUT2D eigenvalue weighted by Crippen LogP contribution is 2.03. The molecule has 0 aromatic carbocycles. The lowest BCUT2D eigenvalue weighted by molar-refractivity contribution is -0.121. The average Bonchev–Trinajstić information content (AvgIpc) is 2.52. The molecule has 5 nitrogen and oxygen atoms in total. The number of amides is 1. The highest BCUT2D eigenvalue weighted by molar-refractivity contribution is 7.90. The van der Waals surface area contributed by atoms with E-state index in [0.29, 0.717) is 13.2 Å². The second-order valence-corrected chi connectivity index (χ2v) is 5.77. The summed E-state index contributed by atoms with van der Waals surface area (Å²) in [6, 6.07) is 0.0575. The van der Waals surface area contributed by atoms with Crippen LogP contribution in [-0.2, 0) is 19.4 Å². The fourth-order valence-electron chi connectivity index (χ4n) is 1.23. The Bertz CT molecular complexity index is 292.